The minimum atomic E-state index is 0. The van der Waals surface area contributed by atoms with E-state index in [2.05, 4.69) is 88.0 Å². The van der Waals surface area contributed by atoms with Crippen molar-refractivity contribution in [3.8, 4) is 16.9 Å². The molecule has 0 saturated carbocycles. The van der Waals surface area contributed by atoms with E-state index in [9.17, 15) is 5.11 Å². The van der Waals surface area contributed by atoms with E-state index in [1.165, 1.54) is 38.6 Å². The second-order valence-electron chi connectivity index (χ2n) is 8.52. The van der Waals surface area contributed by atoms with Crippen LogP contribution in [0.2, 0.25) is 0 Å². The topological polar surface area (TPSA) is 20.2 Å². The first-order valence-electron chi connectivity index (χ1n) is 9.87. The molecule has 1 nitrogen and oxygen atoms in total. The predicted molar refractivity (Wildman–Crippen MR) is 139 cm³/mol. The van der Waals surface area contributed by atoms with Gasteiger partial charge in [0.25, 0.3) is 0 Å². The van der Waals surface area contributed by atoms with Gasteiger partial charge in [-0.3, -0.25) is 0 Å². The zero-order chi connectivity index (χ0) is 21.8. The number of hydrogen-bond acceptors (Lipinski definition) is 1. The SMILES string of the molecule is Cc1cc(O)cc(C(C)(C)C)c1.Cc1cccc2c3ccc[c-](C)c-3cc12.Cl.Cl.[CH2]=[Ti+]. The zero-order valence-corrected chi connectivity index (χ0v) is 22.4. The van der Waals surface area contributed by atoms with Crippen molar-refractivity contribution >= 4 is 40.4 Å². The van der Waals surface area contributed by atoms with Crippen LogP contribution in [0.1, 0.15) is 43.0 Å². The Morgan fingerprint density at radius 3 is 2.10 bits per heavy atom. The Kier molecular flexibility index (Phi) is 11.9. The molecule has 31 heavy (non-hydrogen) atoms. The van der Waals surface area contributed by atoms with Crippen molar-refractivity contribution in [1.82, 2.24) is 0 Å². The van der Waals surface area contributed by atoms with E-state index in [0.717, 1.165) is 5.56 Å². The average molecular weight is 492 g/mol. The van der Waals surface area contributed by atoms with E-state index in [0.29, 0.717) is 5.75 Å². The summed E-state index contributed by atoms with van der Waals surface area (Å²) in [4.78, 5) is 3.25. The number of hydrogen-bond donors (Lipinski definition) is 1. The van der Waals surface area contributed by atoms with Gasteiger partial charge < -0.3 is 5.11 Å². The number of phenols is 1. The first-order chi connectivity index (χ1) is 13.7. The molecule has 1 N–H and O–H groups in total. The summed E-state index contributed by atoms with van der Waals surface area (Å²) in [6.07, 6.45) is 0. The Morgan fingerprint density at radius 2 is 1.52 bits per heavy atom. The second kappa shape index (κ2) is 12.5. The van der Waals surface area contributed by atoms with Crippen molar-refractivity contribution in [3.63, 3.8) is 0 Å². The molecule has 4 rings (SSSR count). The molecule has 0 bridgehead atoms. The molecule has 0 radical (unpaired) electrons. The van der Waals surface area contributed by atoms with Gasteiger partial charge in [-0.2, -0.15) is 0 Å². The van der Waals surface area contributed by atoms with Crippen LogP contribution in [0.4, 0.5) is 0 Å². The molecule has 0 fully saturated rings. The number of aryl methyl sites for hydroxylation is 3. The second-order valence-corrected chi connectivity index (χ2v) is 8.52. The number of halogens is 2. The first-order valence-corrected chi connectivity index (χ1v) is 11.0. The first kappa shape index (κ1) is 29.5. The minimum absolute atomic E-state index is 0. The van der Waals surface area contributed by atoms with Crippen LogP contribution in [0.25, 0.3) is 21.9 Å². The Balaban J connectivity index is 0.000000519. The molecule has 0 aliphatic heterocycles. The van der Waals surface area contributed by atoms with Crippen LogP contribution in [0.3, 0.4) is 0 Å². The van der Waals surface area contributed by atoms with Crippen LogP contribution in [0.5, 0.6) is 5.75 Å². The van der Waals surface area contributed by atoms with Crippen molar-refractivity contribution in [3.05, 3.63) is 82.9 Å². The van der Waals surface area contributed by atoms with Crippen molar-refractivity contribution in [2.45, 2.75) is 47.0 Å². The number of benzene rings is 3. The van der Waals surface area contributed by atoms with E-state index in [4.69, 9.17) is 0 Å². The van der Waals surface area contributed by atoms with Crippen LogP contribution in [-0.2, 0) is 25.4 Å². The summed E-state index contributed by atoms with van der Waals surface area (Å²) in [5.41, 5.74) is 7.91. The molecule has 2 aliphatic rings. The summed E-state index contributed by atoms with van der Waals surface area (Å²) in [7, 11) is 0. The van der Waals surface area contributed by atoms with Crippen LogP contribution < -0.4 is 0 Å². The molecule has 2 aliphatic carbocycles. The van der Waals surface area contributed by atoms with Gasteiger partial charge in [0.05, 0.1) is 0 Å². The van der Waals surface area contributed by atoms with Gasteiger partial charge in [0.2, 0.25) is 0 Å². The molecule has 0 spiro atoms. The van der Waals surface area contributed by atoms with Crippen LogP contribution in [0.15, 0.2) is 60.7 Å². The summed E-state index contributed by atoms with van der Waals surface area (Å²) in [5.74, 6) is 0.361. The monoisotopic (exact) mass is 491 g/mol. The van der Waals surface area contributed by atoms with Gasteiger partial charge in [0.1, 0.15) is 5.75 Å². The van der Waals surface area contributed by atoms with Gasteiger partial charge in [-0.1, -0.05) is 68.3 Å². The van der Waals surface area contributed by atoms with Crippen molar-refractivity contribution in [1.29, 1.82) is 0 Å². The Labute approximate surface area is 211 Å². The molecule has 0 amide bonds. The quantitative estimate of drug-likeness (QED) is 0.194. The molecule has 165 valence electrons. The standard InChI is InChI=1S/C15H13.C11H16O.CH2.2ClH.Ti/c1-10-5-3-7-12-13-8-4-6-11(2)15(13)9-14(10)12;1-8-5-9(11(2,3)4)7-10(12)6-8;;;;/h3-9H,1-2H3;5-7,12H,1-4H3;1H2;2*1H;/q-1;;;;;+1. The van der Waals surface area contributed by atoms with Crippen molar-refractivity contribution in [2.75, 3.05) is 0 Å². The average Bonchev–Trinajstić information content (AvgIpc) is 3.04. The predicted octanol–water partition coefficient (Wildman–Crippen LogP) is 8.09. The molecule has 2 aromatic carbocycles. The Hall–Kier alpha value is -1.51. The van der Waals surface area contributed by atoms with E-state index >= 15 is 0 Å². The summed E-state index contributed by atoms with van der Waals surface area (Å²) in [5, 5.41) is 12.1. The van der Waals surface area contributed by atoms with Crippen LogP contribution >= 0.6 is 24.8 Å². The molecular weight excluding hydrogens is 459 g/mol. The zero-order valence-electron chi connectivity index (χ0n) is 19.2. The number of rotatable bonds is 0. The molecule has 4 heteroatoms. The molecule has 0 atom stereocenters. The molecule has 0 unspecified atom stereocenters. The molecule has 0 aromatic heterocycles. The summed E-state index contributed by atoms with van der Waals surface area (Å²) in [6, 6.07) is 21.1. The molecule has 2 aromatic rings. The summed E-state index contributed by atoms with van der Waals surface area (Å²) in [6.45, 7) is 12.8. The Bertz CT molecular complexity index is 1060. The third-order valence-electron chi connectivity index (χ3n) is 5.16. The van der Waals surface area contributed by atoms with Crippen molar-refractivity contribution in [2.24, 2.45) is 0 Å². The van der Waals surface area contributed by atoms with E-state index in [1.807, 2.05) is 13.0 Å². The fourth-order valence-corrected chi connectivity index (χ4v) is 3.55. The third kappa shape index (κ3) is 7.26. The van der Waals surface area contributed by atoms with Gasteiger partial charge in [-0.25, -0.2) is 0 Å². The van der Waals surface area contributed by atoms with Gasteiger partial charge in [0, 0.05) is 0 Å². The van der Waals surface area contributed by atoms with Crippen LogP contribution in [-0.4, -0.2) is 9.92 Å². The van der Waals surface area contributed by atoms with Gasteiger partial charge in [0.15, 0.2) is 0 Å². The molecule has 0 heterocycles. The maximum absolute atomic E-state index is 9.36. The summed E-state index contributed by atoms with van der Waals surface area (Å²) >= 11 is 1.75. The number of fused-ring (bicyclic) bond motifs is 3. The van der Waals surface area contributed by atoms with Crippen LogP contribution in [0, 0.1) is 20.8 Å². The normalized spacial score (nSPS) is 10.2. The molecular formula is C27H33Cl2OTi. The maximum atomic E-state index is 9.36. The molecule has 0 saturated heterocycles. The van der Waals surface area contributed by atoms with Crippen molar-refractivity contribution < 1.29 is 25.1 Å². The Morgan fingerprint density at radius 1 is 0.871 bits per heavy atom. The van der Waals surface area contributed by atoms with Gasteiger partial charge >= 0.3 is 24.8 Å². The van der Waals surface area contributed by atoms with Gasteiger partial charge in [-0.15, -0.1) is 65.8 Å². The fourth-order valence-electron chi connectivity index (χ4n) is 3.55. The van der Waals surface area contributed by atoms with E-state index in [1.54, 1.807) is 26.0 Å². The fraction of sp³-hybridized carbons (Fsp3) is 0.259. The number of phenolic OH excluding ortho intramolecular Hbond substituents is 1. The van der Waals surface area contributed by atoms with E-state index in [-0.39, 0.29) is 30.2 Å². The van der Waals surface area contributed by atoms with Gasteiger partial charge in [-0.05, 0) is 42.5 Å². The number of aromatic hydroxyl groups is 1. The third-order valence-corrected chi connectivity index (χ3v) is 5.16. The van der Waals surface area contributed by atoms with E-state index < -0.39 is 0 Å². The summed E-state index contributed by atoms with van der Waals surface area (Å²) < 4.78 is 0.